The molecule has 3 heterocycles. The Balaban J connectivity index is 0.000000383. The van der Waals surface area contributed by atoms with Crippen molar-refractivity contribution in [1.82, 2.24) is 14.5 Å². The number of carbonyl (C=O) groups is 2. The number of aryl methyl sites for hydroxylation is 1. The van der Waals surface area contributed by atoms with E-state index in [9.17, 15) is 23.1 Å². The fourth-order valence-corrected chi connectivity index (χ4v) is 3.10. The molecule has 0 spiro atoms. The number of nitrogens with one attached hydrogen (secondary N) is 1. The predicted octanol–water partition coefficient (Wildman–Crippen LogP) is 2.25. The van der Waals surface area contributed by atoms with E-state index in [1.165, 1.54) is 7.11 Å². The fourth-order valence-electron chi connectivity index (χ4n) is 3.10. The molecule has 1 amide bonds. The summed E-state index contributed by atoms with van der Waals surface area (Å²) < 4.78 is 38.9. The van der Waals surface area contributed by atoms with Crippen LogP contribution in [0.3, 0.4) is 0 Å². The summed E-state index contributed by atoms with van der Waals surface area (Å²) in [7, 11) is 1.46. The van der Waals surface area contributed by atoms with Crippen molar-refractivity contribution in [3.8, 4) is 11.5 Å². The number of alkyl halides is 3. The molecule has 1 aliphatic rings. The average molecular weight is 465 g/mol. The second-order valence-corrected chi connectivity index (χ2v) is 6.71. The number of ether oxygens (including phenoxy) is 1. The molecular formula is C20H18F3N5O5. The lowest BCUT2D eigenvalue weighted by Crippen LogP contribution is -2.25. The van der Waals surface area contributed by atoms with Gasteiger partial charge >= 0.3 is 12.1 Å². The van der Waals surface area contributed by atoms with E-state index in [1.54, 1.807) is 37.4 Å². The van der Waals surface area contributed by atoms with Gasteiger partial charge in [0, 0.05) is 24.7 Å². The first-order valence-electron chi connectivity index (χ1n) is 9.39. The van der Waals surface area contributed by atoms with Crippen molar-refractivity contribution >= 4 is 28.6 Å². The average Bonchev–Trinajstić information content (AvgIpc) is 3.24. The molecule has 0 atom stereocenters. The van der Waals surface area contributed by atoms with Crippen molar-refractivity contribution in [2.24, 2.45) is 4.99 Å². The lowest BCUT2D eigenvalue weighted by molar-refractivity contribution is -0.192. The Hall–Kier alpha value is -4.16. The Morgan fingerprint density at radius 1 is 1.27 bits per heavy atom. The third kappa shape index (κ3) is 4.86. The Morgan fingerprint density at radius 3 is 2.58 bits per heavy atom. The highest BCUT2D eigenvalue weighted by molar-refractivity contribution is 5.97. The number of aromatic hydroxyl groups is 1. The van der Waals surface area contributed by atoms with Gasteiger partial charge in [0.1, 0.15) is 11.3 Å². The van der Waals surface area contributed by atoms with E-state index in [1.807, 2.05) is 4.57 Å². The number of hydrogen-bond acceptors (Lipinski definition) is 7. The number of pyridine rings is 1. The van der Waals surface area contributed by atoms with Gasteiger partial charge in [-0.25, -0.2) is 9.78 Å². The lowest BCUT2D eigenvalue weighted by atomic mass is 10.2. The number of anilines is 1. The van der Waals surface area contributed by atoms with Crippen LogP contribution in [0.25, 0.3) is 10.9 Å². The molecule has 13 heteroatoms. The zero-order valence-electron chi connectivity index (χ0n) is 17.3. The van der Waals surface area contributed by atoms with E-state index < -0.39 is 18.1 Å². The SMILES string of the molecule is COc1c(O)ccc2c3n(c(=NC(=O)c4cccnc4C)nc12)CCN3.O=C(O)C(F)(F)F. The molecule has 1 aromatic carbocycles. The Labute approximate surface area is 184 Å². The number of fused-ring (bicyclic) bond motifs is 3. The summed E-state index contributed by atoms with van der Waals surface area (Å²) >= 11 is 0. The van der Waals surface area contributed by atoms with E-state index in [0.29, 0.717) is 29.9 Å². The number of carbonyl (C=O) groups excluding carboxylic acids is 1. The van der Waals surface area contributed by atoms with Gasteiger partial charge in [-0.3, -0.25) is 14.3 Å². The van der Waals surface area contributed by atoms with Crippen LogP contribution in [0.1, 0.15) is 16.1 Å². The molecule has 174 valence electrons. The molecule has 0 unspecified atom stereocenters. The summed E-state index contributed by atoms with van der Waals surface area (Å²) in [5.74, 6) is -2.14. The monoisotopic (exact) mass is 465 g/mol. The molecule has 0 saturated heterocycles. The van der Waals surface area contributed by atoms with Gasteiger partial charge in [0.15, 0.2) is 11.5 Å². The first-order valence-corrected chi connectivity index (χ1v) is 9.39. The molecule has 3 N–H and O–H groups in total. The van der Waals surface area contributed by atoms with Crippen LogP contribution >= 0.6 is 0 Å². The third-order valence-electron chi connectivity index (χ3n) is 4.60. The summed E-state index contributed by atoms with van der Waals surface area (Å²) in [5, 5.41) is 21.2. The number of rotatable bonds is 2. The highest BCUT2D eigenvalue weighted by atomic mass is 19.4. The van der Waals surface area contributed by atoms with Gasteiger partial charge in [-0.05, 0) is 31.2 Å². The standard InChI is InChI=1S/C18H17N5O3.C2HF3O2/c1-10-11(4-3-7-19-10)17(25)22-18-21-14-12(16-20-8-9-23(16)18)5-6-13(24)15(14)26-2;3-2(4,5)1(6)7/h3-7,20,24H,8-9H2,1-2H3;(H,6,7). The molecule has 0 saturated carbocycles. The molecule has 33 heavy (non-hydrogen) atoms. The number of hydrogen-bond donors (Lipinski definition) is 3. The molecule has 1 aliphatic heterocycles. The lowest BCUT2D eigenvalue weighted by Gasteiger charge is -2.11. The minimum atomic E-state index is -5.08. The molecule has 0 aliphatic carbocycles. The Morgan fingerprint density at radius 2 is 1.97 bits per heavy atom. The number of methoxy groups -OCH3 is 1. The number of phenols is 1. The van der Waals surface area contributed by atoms with Gasteiger partial charge in [0.05, 0.1) is 18.4 Å². The van der Waals surface area contributed by atoms with Crippen LogP contribution in [-0.4, -0.2) is 56.5 Å². The third-order valence-corrected chi connectivity index (χ3v) is 4.60. The Bertz CT molecular complexity index is 1300. The van der Waals surface area contributed by atoms with E-state index in [2.05, 4.69) is 20.3 Å². The number of benzene rings is 1. The molecule has 4 rings (SSSR count). The number of amides is 1. The van der Waals surface area contributed by atoms with Crippen LogP contribution in [0.4, 0.5) is 19.0 Å². The number of aromatic nitrogens is 3. The highest BCUT2D eigenvalue weighted by Gasteiger charge is 2.38. The molecule has 3 aromatic rings. The number of nitrogens with zero attached hydrogens (tertiary/aromatic N) is 4. The molecule has 0 fully saturated rings. The topological polar surface area (TPSA) is 139 Å². The van der Waals surface area contributed by atoms with Gasteiger partial charge in [-0.1, -0.05) is 0 Å². The molecular weight excluding hydrogens is 447 g/mol. The van der Waals surface area contributed by atoms with Gasteiger partial charge in [0.25, 0.3) is 5.91 Å². The van der Waals surface area contributed by atoms with Gasteiger partial charge in [-0.2, -0.15) is 18.2 Å². The van der Waals surface area contributed by atoms with Crippen LogP contribution in [-0.2, 0) is 11.3 Å². The fraction of sp³-hybridized carbons (Fsp3) is 0.250. The smallest absolute Gasteiger partial charge is 0.490 e. The van der Waals surface area contributed by atoms with Crippen molar-refractivity contribution < 1.29 is 37.7 Å². The number of carboxylic acids is 1. The van der Waals surface area contributed by atoms with E-state index in [0.717, 1.165) is 11.2 Å². The second-order valence-electron chi connectivity index (χ2n) is 6.71. The summed E-state index contributed by atoms with van der Waals surface area (Å²) in [4.78, 5) is 34.4. The minimum absolute atomic E-state index is 0.0178. The van der Waals surface area contributed by atoms with Crippen molar-refractivity contribution in [3.63, 3.8) is 0 Å². The highest BCUT2D eigenvalue weighted by Crippen LogP contribution is 2.36. The van der Waals surface area contributed by atoms with Crippen LogP contribution in [0.15, 0.2) is 35.5 Å². The zero-order valence-corrected chi connectivity index (χ0v) is 17.3. The summed E-state index contributed by atoms with van der Waals surface area (Å²) in [6.45, 7) is 3.10. The maximum atomic E-state index is 12.6. The van der Waals surface area contributed by atoms with Gasteiger partial charge < -0.3 is 20.3 Å². The molecule has 2 aromatic heterocycles. The van der Waals surface area contributed by atoms with Crippen molar-refractivity contribution in [1.29, 1.82) is 0 Å². The van der Waals surface area contributed by atoms with Crippen LogP contribution < -0.4 is 15.7 Å². The van der Waals surface area contributed by atoms with Gasteiger partial charge in [0.2, 0.25) is 5.62 Å². The van der Waals surface area contributed by atoms with Crippen LogP contribution in [0.5, 0.6) is 11.5 Å². The molecule has 0 bridgehead atoms. The van der Waals surface area contributed by atoms with Crippen molar-refractivity contribution in [2.45, 2.75) is 19.6 Å². The van der Waals surface area contributed by atoms with Crippen molar-refractivity contribution in [3.05, 3.63) is 47.3 Å². The maximum Gasteiger partial charge on any atom is 0.490 e. The zero-order chi connectivity index (χ0) is 24.3. The number of phenolic OH excluding ortho intramolecular Hbond substituents is 1. The van der Waals surface area contributed by atoms with Crippen LogP contribution in [0.2, 0.25) is 0 Å². The first-order chi connectivity index (χ1) is 15.5. The van der Waals surface area contributed by atoms with E-state index in [4.69, 9.17) is 14.6 Å². The predicted molar refractivity (Wildman–Crippen MR) is 109 cm³/mol. The molecule has 0 radical (unpaired) electrons. The first kappa shape index (κ1) is 23.5. The second kappa shape index (κ2) is 9.14. The Kier molecular flexibility index (Phi) is 6.51. The number of carboxylic acid groups (broad SMARTS) is 1. The van der Waals surface area contributed by atoms with E-state index in [-0.39, 0.29) is 17.1 Å². The maximum absolute atomic E-state index is 12.6. The van der Waals surface area contributed by atoms with E-state index >= 15 is 0 Å². The van der Waals surface area contributed by atoms with Crippen molar-refractivity contribution in [2.75, 3.05) is 19.0 Å². The summed E-state index contributed by atoms with van der Waals surface area (Å²) in [6, 6.07) is 6.71. The van der Waals surface area contributed by atoms with Gasteiger partial charge in [-0.15, -0.1) is 0 Å². The quantitative estimate of drug-likeness (QED) is 0.524. The summed E-state index contributed by atoms with van der Waals surface area (Å²) in [6.07, 6.45) is -3.45. The molecule has 10 nitrogen and oxygen atoms in total. The normalized spacial score (nSPS) is 13.1. The number of aliphatic carboxylic acids is 1. The number of halogens is 3. The minimum Gasteiger partial charge on any atom is -0.504 e. The van der Waals surface area contributed by atoms with Crippen LogP contribution in [0, 0.1) is 6.92 Å². The largest absolute Gasteiger partial charge is 0.504 e. The summed E-state index contributed by atoms with van der Waals surface area (Å²) in [5.41, 5.74) is 1.74.